The van der Waals surface area contributed by atoms with Gasteiger partial charge in [-0.05, 0) is 52.0 Å². The molecule has 0 saturated heterocycles. The van der Waals surface area contributed by atoms with E-state index in [1.54, 1.807) is 25.3 Å². The Hall–Kier alpha value is -2.82. The van der Waals surface area contributed by atoms with Crippen LogP contribution in [0.5, 0.6) is 11.5 Å². The fourth-order valence-electron chi connectivity index (χ4n) is 2.63. The number of hydrogen-bond acceptors (Lipinski definition) is 4. The van der Waals surface area contributed by atoms with Gasteiger partial charge in [-0.3, -0.25) is 9.59 Å². The maximum atomic E-state index is 12.7. The summed E-state index contributed by atoms with van der Waals surface area (Å²) < 4.78 is 12.9. The average Bonchev–Trinajstić information content (AvgIpc) is 2.57. The van der Waals surface area contributed by atoms with Gasteiger partial charge in [0.05, 0.1) is 13.7 Å². The second-order valence-electron chi connectivity index (χ2n) is 6.44. The van der Waals surface area contributed by atoms with Crippen molar-refractivity contribution in [3.05, 3.63) is 69.2 Å². The van der Waals surface area contributed by atoms with E-state index in [1.165, 1.54) is 12.1 Å². The van der Waals surface area contributed by atoms with E-state index < -0.39 is 0 Å². The van der Waals surface area contributed by atoms with Crippen LogP contribution in [-0.2, 0) is 6.54 Å². The number of carbonyl (C=O) groups excluding carboxylic acids is 1. The van der Waals surface area contributed by atoms with Crippen LogP contribution in [0.1, 0.15) is 35.6 Å². The molecule has 2 rings (SSSR count). The van der Waals surface area contributed by atoms with Crippen LogP contribution < -0.4 is 14.9 Å². The Kier molecular flexibility index (Phi) is 6.39. The third kappa shape index (κ3) is 4.85. The Labute approximate surface area is 153 Å². The highest BCUT2D eigenvalue weighted by atomic mass is 16.5. The van der Waals surface area contributed by atoms with Crippen molar-refractivity contribution in [3.8, 4) is 11.5 Å². The average molecular weight is 355 g/mol. The predicted molar refractivity (Wildman–Crippen MR) is 102 cm³/mol. The zero-order valence-electron chi connectivity index (χ0n) is 16.0. The number of hydrogen-bond donors (Lipinski definition) is 0. The molecule has 1 aromatic heterocycles. The second kappa shape index (κ2) is 8.52. The lowest BCUT2D eigenvalue weighted by atomic mass is 10.1. The van der Waals surface area contributed by atoms with Crippen molar-refractivity contribution in [2.75, 3.05) is 13.7 Å². The predicted octanol–water partition coefficient (Wildman–Crippen LogP) is 3.70. The van der Waals surface area contributed by atoms with Crippen LogP contribution in [0, 0.1) is 13.8 Å². The molecule has 0 N–H and O–H groups in total. The molecule has 138 valence electrons. The molecule has 0 aliphatic rings. The number of Topliss-reactive ketones (excluding diaryl/α,β-unsaturated/α-hetero) is 1. The van der Waals surface area contributed by atoms with E-state index >= 15 is 0 Å². The SMILES string of the molecule is COc1ccc(C(=O)Cn2c(C)cc(=O)cc2C)cc1OCC=C(C)C. The Morgan fingerprint density at radius 1 is 1.08 bits per heavy atom. The van der Waals surface area contributed by atoms with Gasteiger partial charge < -0.3 is 14.0 Å². The molecule has 0 saturated carbocycles. The van der Waals surface area contributed by atoms with Crippen LogP contribution in [0.2, 0.25) is 0 Å². The van der Waals surface area contributed by atoms with Crippen molar-refractivity contribution < 1.29 is 14.3 Å². The minimum atomic E-state index is -0.0606. The Morgan fingerprint density at radius 2 is 1.73 bits per heavy atom. The Bertz CT molecular complexity index is 863. The molecular formula is C21H25NO4. The maximum absolute atomic E-state index is 12.7. The van der Waals surface area contributed by atoms with Gasteiger partial charge in [0.25, 0.3) is 0 Å². The smallest absolute Gasteiger partial charge is 0.182 e. The minimum absolute atomic E-state index is 0.0527. The first kappa shape index (κ1) is 19.5. The number of aryl methyl sites for hydroxylation is 2. The largest absolute Gasteiger partial charge is 0.493 e. The van der Waals surface area contributed by atoms with Gasteiger partial charge in [0.15, 0.2) is 22.7 Å². The fourth-order valence-corrected chi connectivity index (χ4v) is 2.63. The standard InChI is InChI=1S/C21H25NO4/c1-14(2)8-9-26-21-12-17(6-7-20(21)25-5)19(24)13-22-15(3)10-18(23)11-16(22)4/h6-8,10-12H,9,13H2,1-5H3. The summed E-state index contributed by atoms with van der Waals surface area (Å²) in [5.74, 6) is 1.05. The van der Waals surface area contributed by atoms with Gasteiger partial charge in [-0.1, -0.05) is 5.57 Å². The molecular weight excluding hydrogens is 330 g/mol. The number of nitrogens with zero attached hydrogens (tertiary/aromatic N) is 1. The molecule has 0 atom stereocenters. The van der Waals surface area contributed by atoms with Gasteiger partial charge in [-0.2, -0.15) is 0 Å². The molecule has 0 unspecified atom stereocenters. The van der Waals surface area contributed by atoms with E-state index in [0.29, 0.717) is 23.7 Å². The normalized spacial score (nSPS) is 10.3. The number of ether oxygens (including phenoxy) is 2. The van der Waals surface area contributed by atoms with Gasteiger partial charge in [-0.15, -0.1) is 0 Å². The van der Waals surface area contributed by atoms with Crippen molar-refractivity contribution in [1.29, 1.82) is 0 Å². The molecule has 5 heteroatoms. The summed E-state index contributed by atoms with van der Waals surface area (Å²) in [6, 6.07) is 8.22. The van der Waals surface area contributed by atoms with Gasteiger partial charge in [-0.25, -0.2) is 0 Å². The van der Waals surface area contributed by atoms with Gasteiger partial charge in [0.2, 0.25) is 0 Å². The number of carbonyl (C=O) groups is 1. The molecule has 0 radical (unpaired) electrons. The first-order valence-corrected chi connectivity index (χ1v) is 8.47. The van der Waals surface area contributed by atoms with Crippen LogP contribution in [0.3, 0.4) is 0 Å². The van der Waals surface area contributed by atoms with E-state index in [1.807, 2.05) is 38.3 Å². The van der Waals surface area contributed by atoms with Crippen molar-refractivity contribution >= 4 is 5.78 Å². The third-order valence-corrected chi connectivity index (χ3v) is 4.07. The molecule has 1 aromatic carbocycles. The number of benzene rings is 1. The topological polar surface area (TPSA) is 57.5 Å². The number of ketones is 1. The molecule has 0 fully saturated rings. The number of methoxy groups -OCH3 is 1. The Morgan fingerprint density at radius 3 is 2.31 bits per heavy atom. The summed E-state index contributed by atoms with van der Waals surface area (Å²) >= 11 is 0. The van der Waals surface area contributed by atoms with Crippen LogP contribution in [0.25, 0.3) is 0 Å². The number of allylic oxidation sites excluding steroid dienone is 1. The highest BCUT2D eigenvalue weighted by molar-refractivity contribution is 5.96. The summed E-state index contributed by atoms with van der Waals surface area (Å²) in [6.07, 6.45) is 1.96. The van der Waals surface area contributed by atoms with Crippen LogP contribution in [0.4, 0.5) is 0 Å². The summed E-state index contributed by atoms with van der Waals surface area (Å²) in [5, 5.41) is 0. The zero-order chi connectivity index (χ0) is 19.3. The molecule has 0 aliphatic heterocycles. The van der Waals surface area contributed by atoms with E-state index in [0.717, 1.165) is 17.0 Å². The van der Waals surface area contributed by atoms with Gasteiger partial charge in [0, 0.05) is 29.1 Å². The van der Waals surface area contributed by atoms with Crippen molar-refractivity contribution in [1.82, 2.24) is 4.57 Å². The molecule has 5 nitrogen and oxygen atoms in total. The molecule has 1 heterocycles. The van der Waals surface area contributed by atoms with Crippen LogP contribution in [-0.4, -0.2) is 24.1 Å². The number of rotatable bonds is 7. The first-order valence-electron chi connectivity index (χ1n) is 8.47. The van der Waals surface area contributed by atoms with E-state index in [2.05, 4.69) is 0 Å². The molecule has 2 aromatic rings. The maximum Gasteiger partial charge on any atom is 0.182 e. The lowest BCUT2D eigenvalue weighted by Gasteiger charge is -2.15. The van der Waals surface area contributed by atoms with E-state index in [9.17, 15) is 9.59 Å². The minimum Gasteiger partial charge on any atom is -0.493 e. The molecule has 0 bridgehead atoms. The van der Waals surface area contributed by atoms with Crippen molar-refractivity contribution in [2.24, 2.45) is 0 Å². The lowest BCUT2D eigenvalue weighted by Crippen LogP contribution is -2.18. The summed E-state index contributed by atoms with van der Waals surface area (Å²) in [4.78, 5) is 24.3. The Balaban J connectivity index is 2.26. The van der Waals surface area contributed by atoms with Crippen molar-refractivity contribution in [3.63, 3.8) is 0 Å². The molecule has 0 aliphatic carbocycles. The summed E-state index contributed by atoms with van der Waals surface area (Å²) in [5.41, 5.74) is 3.16. The zero-order valence-corrected chi connectivity index (χ0v) is 16.0. The number of aromatic nitrogens is 1. The number of pyridine rings is 1. The second-order valence-corrected chi connectivity index (χ2v) is 6.44. The molecule has 0 amide bonds. The molecule has 0 spiro atoms. The van der Waals surface area contributed by atoms with E-state index in [4.69, 9.17) is 9.47 Å². The van der Waals surface area contributed by atoms with Crippen LogP contribution in [0.15, 0.2) is 46.8 Å². The van der Waals surface area contributed by atoms with Crippen LogP contribution >= 0.6 is 0 Å². The quantitative estimate of drug-likeness (QED) is 0.561. The monoisotopic (exact) mass is 355 g/mol. The summed E-state index contributed by atoms with van der Waals surface area (Å²) in [7, 11) is 1.57. The van der Waals surface area contributed by atoms with E-state index in [-0.39, 0.29) is 17.8 Å². The summed E-state index contributed by atoms with van der Waals surface area (Å²) in [6.45, 7) is 8.21. The highest BCUT2D eigenvalue weighted by Gasteiger charge is 2.13. The first-order chi connectivity index (χ1) is 12.3. The highest BCUT2D eigenvalue weighted by Crippen LogP contribution is 2.28. The third-order valence-electron chi connectivity index (χ3n) is 4.07. The molecule has 26 heavy (non-hydrogen) atoms. The fraction of sp³-hybridized carbons (Fsp3) is 0.333. The van der Waals surface area contributed by atoms with Crippen molar-refractivity contribution in [2.45, 2.75) is 34.2 Å². The van der Waals surface area contributed by atoms with Gasteiger partial charge >= 0.3 is 0 Å². The lowest BCUT2D eigenvalue weighted by molar-refractivity contribution is 0.0969. The van der Waals surface area contributed by atoms with Gasteiger partial charge in [0.1, 0.15) is 6.61 Å².